The van der Waals surface area contributed by atoms with Gasteiger partial charge in [-0.15, -0.1) is 0 Å². The first-order chi connectivity index (χ1) is 20.5. The highest BCUT2D eigenvalue weighted by molar-refractivity contribution is 7.09. The van der Waals surface area contributed by atoms with Crippen LogP contribution < -0.4 is 22.6 Å². The molecule has 9 unspecified atom stereocenters. The first-order valence-electron chi connectivity index (χ1n) is 12.5. The van der Waals surface area contributed by atoms with Crippen molar-refractivity contribution in [2.24, 2.45) is 0 Å². The number of anilines is 2. The second-order valence-electron chi connectivity index (χ2n) is 9.33. The number of hydrogen-bond donors (Lipinski definition) is 8. The SMILES string of the molecule is COC1C(O)C(COC(O)COC(C(O)OP)C(O)n2cnc3c(=O)[nH]c(N)nc32)OC1n1cnc2c(=O)[nH]c(N)nc21. The number of rotatable bonds is 12. The van der Waals surface area contributed by atoms with Gasteiger partial charge in [-0.2, -0.15) is 9.97 Å². The third-order valence-corrected chi connectivity index (χ3v) is 6.92. The van der Waals surface area contributed by atoms with Gasteiger partial charge in [0.15, 0.2) is 53.5 Å². The van der Waals surface area contributed by atoms with Crippen LogP contribution in [0.15, 0.2) is 22.2 Å². The number of aliphatic hydroxyl groups excluding tert-OH is 4. The zero-order valence-electron chi connectivity index (χ0n) is 22.2. The molecule has 1 saturated heterocycles. The predicted octanol–water partition coefficient (Wildman–Crippen LogP) is -3.97. The molecular formula is C21H29N10O11P. The molecule has 0 aliphatic carbocycles. The molecule has 0 bridgehead atoms. The van der Waals surface area contributed by atoms with Gasteiger partial charge >= 0.3 is 0 Å². The van der Waals surface area contributed by atoms with E-state index in [1.807, 2.05) is 0 Å². The molecule has 9 atom stereocenters. The number of nitrogen functional groups attached to an aromatic ring is 2. The molecule has 1 aliphatic rings. The Morgan fingerprint density at radius 1 is 1.05 bits per heavy atom. The molecule has 43 heavy (non-hydrogen) atoms. The number of aliphatic hydroxyl groups is 4. The summed E-state index contributed by atoms with van der Waals surface area (Å²) in [4.78, 5) is 44.8. The predicted molar refractivity (Wildman–Crippen MR) is 146 cm³/mol. The van der Waals surface area contributed by atoms with Crippen LogP contribution in [-0.4, -0.2) is 117 Å². The summed E-state index contributed by atoms with van der Waals surface area (Å²) in [6.07, 6.45) is -8.51. The summed E-state index contributed by atoms with van der Waals surface area (Å²) in [7, 11) is 3.15. The molecule has 1 fully saturated rings. The summed E-state index contributed by atoms with van der Waals surface area (Å²) in [6.45, 7) is -0.966. The Kier molecular flexibility index (Phi) is 8.99. The summed E-state index contributed by atoms with van der Waals surface area (Å²) in [5.41, 5.74) is 9.90. The van der Waals surface area contributed by atoms with E-state index in [0.29, 0.717) is 0 Å². The Bertz CT molecular complexity index is 1690. The summed E-state index contributed by atoms with van der Waals surface area (Å²) in [6, 6.07) is 0. The summed E-state index contributed by atoms with van der Waals surface area (Å²) in [5, 5.41) is 42.5. The van der Waals surface area contributed by atoms with Crippen molar-refractivity contribution in [1.82, 2.24) is 39.0 Å². The first-order valence-corrected chi connectivity index (χ1v) is 12.9. The number of nitrogens with two attached hydrogens (primary N) is 2. The number of H-pyrrole nitrogens is 2. The maximum absolute atomic E-state index is 12.2. The van der Waals surface area contributed by atoms with Crippen LogP contribution in [0.2, 0.25) is 0 Å². The van der Waals surface area contributed by atoms with Gasteiger partial charge in [-0.3, -0.25) is 28.7 Å². The standard InChI is InChI=1S/C21H29N10O11P/c1-38-11-10(33)6(41-18(11)31-5-25-9-14(31)27-21(23)29-16(9)35)2-39-7(32)3-40-12(19(37)42-43)17(36)30-4-24-8-13(30)26-20(22)28-15(8)34/h4-7,10-12,17-19,32-33,36-37H,2-3,43H2,1H3,(H3,22,26,28,34)(H3,23,27,29,35). The van der Waals surface area contributed by atoms with Gasteiger partial charge in [-0.1, -0.05) is 0 Å². The minimum absolute atomic E-state index is 0.00228. The quantitative estimate of drug-likeness (QED) is 0.0548. The smallest absolute Gasteiger partial charge is 0.280 e. The van der Waals surface area contributed by atoms with Crippen molar-refractivity contribution in [3.05, 3.63) is 33.4 Å². The Hall–Kier alpha value is -3.63. The highest BCUT2D eigenvalue weighted by Gasteiger charge is 2.46. The number of aromatic amines is 2. The van der Waals surface area contributed by atoms with Crippen LogP contribution in [0, 0.1) is 0 Å². The first kappa shape index (κ1) is 30.8. The molecule has 21 nitrogen and oxygen atoms in total. The lowest BCUT2D eigenvalue weighted by Gasteiger charge is -2.28. The van der Waals surface area contributed by atoms with E-state index < -0.39 is 67.2 Å². The zero-order chi connectivity index (χ0) is 31.0. The van der Waals surface area contributed by atoms with Crippen LogP contribution in [-0.2, 0) is 23.5 Å². The number of nitrogens with one attached hydrogen (secondary N) is 2. The lowest BCUT2D eigenvalue weighted by molar-refractivity contribution is -0.221. The van der Waals surface area contributed by atoms with Gasteiger partial charge in [0.2, 0.25) is 11.9 Å². The molecule has 4 aromatic rings. The highest BCUT2D eigenvalue weighted by Crippen LogP contribution is 2.33. The normalized spacial score (nSPS) is 23.6. The zero-order valence-corrected chi connectivity index (χ0v) is 23.4. The van der Waals surface area contributed by atoms with Crippen molar-refractivity contribution in [2.45, 2.75) is 49.5 Å². The summed E-state index contributed by atoms with van der Waals surface area (Å²) >= 11 is 0. The van der Waals surface area contributed by atoms with E-state index >= 15 is 0 Å². The molecule has 0 saturated carbocycles. The molecule has 234 valence electrons. The van der Waals surface area contributed by atoms with Crippen LogP contribution in [0.5, 0.6) is 0 Å². The van der Waals surface area contributed by atoms with Crippen LogP contribution in [0.3, 0.4) is 0 Å². The Morgan fingerprint density at radius 3 is 2.33 bits per heavy atom. The molecule has 0 aromatic carbocycles. The number of ether oxygens (including phenoxy) is 4. The molecule has 0 radical (unpaired) electrons. The van der Waals surface area contributed by atoms with Gasteiger partial charge in [0, 0.05) is 16.6 Å². The van der Waals surface area contributed by atoms with Gasteiger partial charge in [-0.25, -0.2) is 9.97 Å². The fourth-order valence-corrected chi connectivity index (χ4v) is 4.75. The van der Waals surface area contributed by atoms with Crippen LogP contribution >= 0.6 is 9.47 Å². The van der Waals surface area contributed by atoms with E-state index in [4.69, 9.17) is 34.9 Å². The van der Waals surface area contributed by atoms with Crippen molar-refractivity contribution in [2.75, 3.05) is 31.8 Å². The summed E-state index contributed by atoms with van der Waals surface area (Å²) < 4.78 is 29.4. The number of hydrogen-bond acceptors (Lipinski definition) is 17. The molecule has 22 heteroatoms. The monoisotopic (exact) mass is 628 g/mol. The van der Waals surface area contributed by atoms with E-state index in [2.05, 4.69) is 29.9 Å². The third kappa shape index (κ3) is 5.95. The molecule has 5 heterocycles. The maximum Gasteiger partial charge on any atom is 0.280 e. The lowest BCUT2D eigenvalue weighted by Crippen LogP contribution is -2.40. The molecule has 0 amide bonds. The van der Waals surface area contributed by atoms with Gasteiger partial charge in [0.25, 0.3) is 11.1 Å². The minimum atomic E-state index is -1.74. The largest absolute Gasteiger partial charge is 0.387 e. The van der Waals surface area contributed by atoms with Crippen molar-refractivity contribution in [3.8, 4) is 0 Å². The maximum atomic E-state index is 12.2. The fourth-order valence-electron chi connectivity index (χ4n) is 4.60. The average molecular weight is 628 g/mol. The van der Waals surface area contributed by atoms with Crippen molar-refractivity contribution < 1.29 is 43.9 Å². The number of methoxy groups -OCH3 is 1. The fraction of sp³-hybridized carbons (Fsp3) is 0.524. The number of imidazole rings is 2. The Labute approximate surface area is 241 Å². The number of aromatic nitrogens is 8. The molecular weight excluding hydrogens is 599 g/mol. The lowest BCUT2D eigenvalue weighted by atomic mass is 10.1. The van der Waals surface area contributed by atoms with E-state index in [0.717, 1.165) is 10.9 Å². The van der Waals surface area contributed by atoms with E-state index in [1.165, 1.54) is 18.0 Å². The van der Waals surface area contributed by atoms with Gasteiger partial charge < -0.3 is 55.4 Å². The molecule has 1 aliphatic heterocycles. The topological polar surface area (TPSA) is 306 Å². The van der Waals surface area contributed by atoms with Crippen LogP contribution in [0.4, 0.5) is 11.9 Å². The Balaban J connectivity index is 1.24. The second-order valence-corrected chi connectivity index (χ2v) is 9.60. The van der Waals surface area contributed by atoms with Crippen molar-refractivity contribution in [3.63, 3.8) is 0 Å². The van der Waals surface area contributed by atoms with Crippen molar-refractivity contribution in [1.29, 1.82) is 0 Å². The third-order valence-electron chi connectivity index (χ3n) is 6.64. The van der Waals surface area contributed by atoms with Crippen molar-refractivity contribution >= 4 is 43.7 Å². The van der Waals surface area contributed by atoms with E-state index in [-0.39, 0.29) is 40.8 Å². The van der Waals surface area contributed by atoms with Gasteiger partial charge in [-0.05, 0) is 0 Å². The number of nitrogens with zero attached hydrogens (tertiary/aromatic N) is 6. The highest BCUT2D eigenvalue weighted by atomic mass is 31.0. The molecule has 5 rings (SSSR count). The van der Waals surface area contributed by atoms with Gasteiger partial charge in [0.1, 0.15) is 18.3 Å². The number of fused-ring (bicyclic) bond motifs is 2. The van der Waals surface area contributed by atoms with E-state index in [1.54, 1.807) is 9.47 Å². The minimum Gasteiger partial charge on any atom is -0.387 e. The average Bonchev–Trinajstić information content (AvgIpc) is 3.66. The summed E-state index contributed by atoms with van der Waals surface area (Å²) in [5.74, 6) is -0.384. The second kappa shape index (κ2) is 12.5. The molecule has 0 spiro atoms. The van der Waals surface area contributed by atoms with Crippen LogP contribution in [0.25, 0.3) is 22.3 Å². The van der Waals surface area contributed by atoms with E-state index in [9.17, 15) is 30.0 Å². The Morgan fingerprint density at radius 2 is 1.67 bits per heavy atom. The molecule has 10 N–H and O–H groups in total. The van der Waals surface area contributed by atoms with Crippen LogP contribution in [0.1, 0.15) is 12.5 Å². The van der Waals surface area contributed by atoms with Gasteiger partial charge in [0.05, 0.1) is 25.9 Å². The molecule has 4 aromatic heterocycles.